The maximum Gasteiger partial charge on any atom is 0.141 e. The van der Waals surface area contributed by atoms with E-state index in [4.69, 9.17) is 38.4 Å². The number of nitrogens with two attached hydrogens (primary N) is 1. The van der Waals surface area contributed by atoms with Gasteiger partial charge in [0.1, 0.15) is 11.9 Å². The molecule has 5 heteroatoms. The highest BCUT2D eigenvalue weighted by Crippen LogP contribution is 2.44. The van der Waals surface area contributed by atoms with Crippen molar-refractivity contribution in [3.63, 3.8) is 0 Å². The molecule has 1 spiro atoms. The first-order valence-corrected chi connectivity index (χ1v) is 8.36. The average molecular weight is 330 g/mol. The number of rotatable bonds is 4. The summed E-state index contributed by atoms with van der Waals surface area (Å²) in [5.74, 6) is 0.743. The van der Waals surface area contributed by atoms with Crippen LogP contribution in [0.25, 0.3) is 0 Å². The van der Waals surface area contributed by atoms with Crippen molar-refractivity contribution in [3.05, 3.63) is 27.7 Å². The highest BCUT2D eigenvalue weighted by Gasteiger charge is 2.43. The van der Waals surface area contributed by atoms with E-state index in [1.54, 1.807) is 6.07 Å². The fourth-order valence-electron chi connectivity index (χ4n) is 3.26. The Bertz CT molecular complexity index is 517. The Morgan fingerprint density at radius 1 is 1.33 bits per heavy atom. The fraction of sp³-hybridized carbons (Fsp3) is 0.625. The minimum absolute atomic E-state index is 0.0653. The number of hydrogen-bond acceptors (Lipinski definition) is 3. The summed E-state index contributed by atoms with van der Waals surface area (Å²) in [4.78, 5) is 0. The van der Waals surface area contributed by atoms with E-state index < -0.39 is 0 Å². The first-order chi connectivity index (χ1) is 10.1. The number of ether oxygens (including phenoxy) is 2. The molecule has 1 saturated carbocycles. The summed E-state index contributed by atoms with van der Waals surface area (Å²) in [7, 11) is 0. The molecule has 1 saturated heterocycles. The Kier molecular flexibility index (Phi) is 4.65. The van der Waals surface area contributed by atoms with Gasteiger partial charge in [-0.1, -0.05) is 23.2 Å². The van der Waals surface area contributed by atoms with Gasteiger partial charge in [-0.15, -0.1) is 0 Å². The maximum atomic E-state index is 6.33. The van der Waals surface area contributed by atoms with E-state index in [0.717, 1.165) is 43.6 Å². The summed E-state index contributed by atoms with van der Waals surface area (Å²) in [6.07, 6.45) is 6.29. The van der Waals surface area contributed by atoms with Crippen LogP contribution in [0.2, 0.25) is 10.0 Å². The van der Waals surface area contributed by atoms with Gasteiger partial charge in [0.15, 0.2) is 0 Å². The molecule has 2 N–H and O–H groups in total. The van der Waals surface area contributed by atoms with E-state index in [9.17, 15) is 0 Å². The second kappa shape index (κ2) is 6.33. The van der Waals surface area contributed by atoms with Crippen LogP contribution in [0.4, 0.5) is 0 Å². The molecule has 3 nitrogen and oxygen atoms in total. The monoisotopic (exact) mass is 329 g/mol. The van der Waals surface area contributed by atoms with Gasteiger partial charge in [-0.3, -0.25) is 0 Å². The third-order valence-electron chi connectivity index (χ3n) is 4.50. The number of benzene rings is 1. The highest BCUT2D eigenvalue weighted by molar-refractivity contribution is 6.35. The molecule has 2 fully saturated rings. The molecule has 1 unspecified atom stereocenters. The third-order valence-corrected chi connectivity index (χ3v) is 4.99. The molecule has 21 heavy (non-hydrogen) atoms. The lowest BCUT2D eigenvalue weighted by Gasteiger charge is -2.47. The number of hydrogen-bond donors (Lipinski definition) is 1. The van der Waals surface area contributed by atoms with Crippen LogP contribution in [0.15, 0.2) is 12.1 Å². The average Bonchev–Trinajstić information content (AvgIpc) is 2.41. The van der Waals surface area contributed by atoms with Gasteiger partial charge in [-0.05, 0) is 49.9 Å². The van der Waals surface area contributed by atoms with Crippen molar-refractivity contribution in [2.75, 3.05) is 13.2 Å². The predicted molar refractivity (Wildman–Crippen MR) is 85.4 cm³/mol. The zero-order valence-electron chi connectivity index (χ0n) is 12.0. The molecule has 0 aromatic heterocycles. The lowest BCUT2D eigenvalue weighted by atomic mass is 9.74. The molecule has 2 aliphatic rings. The first-order valence-electron chi connectivity index (χ1n) is 7.60. The molecule has 1 atom stereocenters. The summed E-state index contributed by atoms with van der Waals surface area (Å²) < 4.78 is 12.2. The summed E-state index contributed by atoms with van der Waals surface area (Å²) in [6.45, 7) is 1.31. The molecule has 116 valence electrons. The van der Waals surface area contributed by atoms with Crippen LogP contribution in [0.5, 0.6) is 5.75 Å². The molecular formula is C16H21Cl2NO2. The van der Waals surface area contributed by atoms with Crippen LogP contribution in [-0.4, -0.2) is 24.9 Å². The van der Waals surface area contributed by atoms with Crippen LogP contribution >= 0.6 is 23.2 Å². The van der Waals surface area contributed by atoms with Gasteiger partial charge in [-0.25, -0.2) is 0 Å². The SMILES string of the molecule is NCCc1cc(Cl)cc(Cl)c1OC1CCOC2(CCC2)C1. The van der Waals surface area contributed by atoms with Gasteiger partial charge in [0.05, 0.1) is 17.2 Å². The van der Waals surface area contributed by atoms with E-state index in [1.807, 2.05) is 6.07 Å². The predicted octanol–water partition coefficient (Wildman–Crippen LogP) is 3.98. The zero-order chi connectivity index (χ0) is 14.9. The van der Waals surface area contributed by atoms with Crippen molar-refractivity contribution in [1.82, 2.24) is 0 Å². The smallest absolute Gasteiger partial charge is 0.141 e. The molecule has 1 aliphatic heterocycles. The second-order valence-corrected chi connectivity index (χ2v) is 6.88. The van der Waals surface area contributed by atoms with Crippen molar-refractivity contribution in [2.24, 2.45) is 5.73 Å². The van der Waals surface area contributed by atoms with Gasteiger partial charge in [-0.2, -0.15) is 0 Å². The van der Waals surface area contributed by atoms with E-state index in [-0.39, 0.29) is 11.7 Å². The Balaban J connectivity index is 1.77. The molecule has 3 rings (SSSR count). The van der Waals surface area contributed by atoms with Crippen LogP contribution in [0, 0.1) is 0 Å². The Hall–Kier alpha value is -0.480. The number of halogens is 2. The van der Waals surface area contributed by atoms with Crippen molar-refractivity contribution >= 4 is 23.2 Å². The summed E-state index contributed by atoms with van der Waals surface area (Å²) in [6, 6.07) is 3.63. The van der Waals surface area contributed by atoms with E-state index in [0.29, 0.717) is 23.0 Å². The fourth-order valence-corrected chi connectivity index (χ4v) is 3.84. The quantitative estimate of drug-likeness (QED) is 0.908. The van der Waals surface area contributed by atoms with Gasteiger partial charge in [0.25, 0.3) is 0 Å². The summed E-state index contributed by atoms with van der Waals surface area (Å²) in [5, 5.41) is 1.19. The summed E-state index contributed by atoms with van der Waals surface area (Å²) >= 11 is 12.4. The topological polar surface area (TPSA) is 44.5 Å². The standard InChI is InChI=1S/C16H21Cl2NO2/c17-12-8-11(2-6-19)15(14(18)9-12)21-13-3-7-20-16(10-13)4-1-5-16/h8-9,13H,1-7,10,19H2. The minimum atomic E-state index is 0.0653. The molecular weight excluding hydrogens is 309 g/mol. The Morgan fingerprint density at radius 2 is 2.14 bits per heavy atom. The van der Waals surface area contributed by atoms with Gasteiger partial charge in [0.2, 0.25) is 0 Å². The van der Waals surface area contributed by atoms with Crippen LogP contribution < -0.4 is 10.5 Å². The first kappa shape index (κ1) is 15.4. The maximum absolute atomic E-state index is 6.33. The van der Waals surface area contributed by atoms with Crippen LogP contribution in [0.1, 0.15) is 37.7 Å². The van der Waals surface area contributed by atoms with Gasteiger partial charge in [0, 0.05) is 17.9 Å². The minimum Gasteiger partial charge on any atom is -0.488 e. The molecule has 0 radical (unpaired) electrons. The van der Waals surface area contributed by atoms with Gasteiger partial charge >= 0.3 is 0 Å². The van der Waals surface area contributed by atoms with Crippen molar-refractivity contribution in [1.29, 1.82) is 0 Å². The largest absolute Gasteiger partial charge is 0.488 e. The molecule has 0 amide bonds. The molecule has 1 aliphatic carbocycles. The van der Waals surface area contributed by atoms with Crippen molar-refractivity contribution < 1.29 is 9.47 Å². The van der Waals surface area contributed by atoms with Crippen molar-refractivity contribution in [2.45, 2.75) is 50.2 Å². The van der Waals surface area contributed by atoms with E-state index in [1.165, 1.54) is 6.42 Å². The lowest BCUT2D eigenvalue weighted by molar-refractivity contribution is -0.153. The Morgan fingerprint density at radius 3 is 2.81 bits per heavy atom. The lowest BCUT2D eigenvalue weighted by Crippen LogP contribution is -2.48. The van der Waals surface area contributed by atoms with Crippen molar-refractivity contribution in [3.8, 4) is 5.75 Å². The van der Waals surface area contributed by atoms with Crippen LogP contribution in [0.3, 0.4) is 0 Å². The third kappa shape index (κ3) is 3.31. The van der Waals surface area contributed by atoms with E-state index >= 15 is 0 Å². The Labute approximate surface area is 135 Å². The highest BCUT2D eigenvalue weighted by atomic mass is 35.5. The normalized spacial score (nSPS) is 23.9. The van der Waals surface area contributed by atoms with E-state index in [2.05, 4.69) is 0 Å². The zero-order valence-corrected chi connectivity index (χ0v) is 13.6. The molecule has 1 aromatic rings. The van der Waals surface area contributed by atoms with Gasteiger partial charge < -0.3 is 15.2 Å². The van der Waals surface area contributed by atoms with Crippen LogP contribution in [-0.2, 0) is 11.2 Å². The molecule has 0 bridgehead atoms. The molecule has 1 heterocycles. The molecule has 1 aromatic carbocycles. The second-order valence-electron chi connectivity index (χ2n) is 6.03. The summed E-state index contributed by atoms with van der Waals surface area (Å²) in [5.41, 5.74) is 6.73.